The molecule has 0 aliphatic carbocycles. The van der Waals surface area contributed by atoms with Crippen LogP contribution in [-0.4, -0.2) is 10.2 Å². The summed E-state index contributed by atoms with van der Waals surface area (Å²) >= 11 is 3.38. The van der Waals surface area contributed by atoms with E-state index in [4.69, 9.17) is 0 Å². The molecule has 2 nitrogen and oxygen atoms in total. The van der Waals surface area contributed by atoms with Gasteiger partial charge in [0.25, 0.3) is 0 Å². The van der Waals surface area contributed by atoms with E-state index < -0.39 is 0 Å². The van der Waals surface area contributed by atoms with Crippen LogP contribution >= 0.6 is 15.9 Å². The van der Waals surface area contributed by atoms with E-state index in [1.807, 2.05) is 24.3 Å². The fourth-order valence-corrected chi connectivity index (χ4v) is 1.64. The maximum absolute atomic E-state index is 4.09. The lowest BCUT2D eigenvalue weighted by molar-refractivity contribution is 1.03. The van der Waals surface area contributed by atoms with Gasteiger partial charge in [0.05, 0.1) is 11.9 Å². The Balaban J connectivity index is 2.55. The maximum Gasteiger partial charge on any atom is 0.0943 e. The average molecular weight is 249 g/mol. The van der Waals surface area contributed by atoms with Gasteiger partial charge in [-0.2, -0.15) is 10.2 Å². The number of aryl methyl sites for hydroxylation is 1. The van der Waals surface area contributed by atoms with Crippen LogP contribution in [0, 0.1) is 6.92 Å². The Morgan fingerprint density at radius 2 is 2.00 bits per heavy atom. The molecule has 0 bridgehead atoms. The van der Waals surface area contributed by atoms with E-state index in [1.54, 1.807) is 6.20 Å². The highest BCUT2D eigenvalue weighted by Crippen LogP contribution is 2.22. The largest absolute Gasteiger partial charge is 0.157 e. The van der Waals surface area contributed by atoms with E-state index in [2.05, 4.69) is 39.1 Å². The van der Waals surface area contributed by atoms with Crippen molar-refractivity contribution in [1.29, 1.82) is 0 Å². The van der Waals surface area contributed by atoms with E-state index in [9.17, 15) is 0 Å². The van der Waals surface area contributed by atoms with E-state index in [-0.39, 0.29) is 0 Å². The SMILES string of the molecule is Cc1ccccc1-c1cc(Br)cnn1. The van der Waals surface area contributed by atoms with Crippen molar-refractivity contribution in [3.63, 3.8) is 0 Å². The van der Waals surface area contributed by atoms with Gasteiger partial charge in [0.15, 0.2) is 0 Å². The molecule has 0 saturated heterocycles. The molecule has 0 saturated carbocycles. The third-order valence-corrected chi connectivity index (χ3v) is 2.48. The number of nitrogens with zero attached hydrogens (tertiary/aromatic N) is 2. The Hall–Kier alpha value is -1.22. The van der Waals surface area contributed by atoms with Crippen LogP contribution in [0.3, 0.4) is 0 Å². The minimum absolute atomic E-state index is 0.900. The number of aromatic nitrogens is 2. The van der Waals surface area contributed by atoms with Gasteiger partial charge in [-0.1, -0.05) is 24.3 Å². The summed E-state index contributed by atoms with van der Waals surface area (Å²) in [5, 5.41) is 8.00. The number of hydrogen-bond donors (Lipinski definition) is 0. The van der Waals surface area contributed by atoms with Gasteiger partial charge in [-0.15, -0.1) is 0 Å². The average Bonchev–Trinajstić information content (AvgIpc) is 2.18. The zero-order valence-corrected chi connectivity index (χ0v) is 9.32. The molecule has 0 spiro atoms. The number of halogens is 1. The Bertz CT molecular complexity index is 455. The summed E-state index contributed by atoms with van der Waals surface area (Å²) in [5.74, 6) is 0. The standard InChI is InChI=1S/C11H9BrN2/c1-8-4-2-3-5-10(8)11-6-9(12)7-13-14-11/h2-7H,1H3. The molecule has 0 N–H and O–H groups in total. The first-order chi connectivity index (χ1) is 6.77. The third kappa shape index (κ3) is 1.82. The van der Waals surface area contributed by atoms with Crippen molar-refractivity contribution >= 4 is 15.9 Å². The van der Waals surface area contributed by atoms with Crippen LogP contribution in [0.5, 0.6) is 0 Å². The van der Waals surface area contributed by atoms with Crippen LogP contribution in [0.15, 0.2) is 41.0 Å². The first kappa shape index (κ1) is 9.34. The van der Waals surface area contributed by atoms with E-state index in [1.165, 1.54) is 5.56 Å². The maximum atomic E-state index is 4.09. The molecule has 0 amide bonds. The Morgan fingerprint density at radius 3 is 2.71 bits per heavy atom. The lowest BCUT2D eigenvalue weighted by atomic mass is 10.1. The zero-order chi connectivity index (χ0) is 9.97. The Labute approximate surface area is 91.1 Å². The molecular weight excluding hydrogens is 240 g/mol. The van der Waals surface area contributed by atoms with Gasteiger partial charge in [-0.05, 0) is 34.5 Å². The van der Waals surface area contributed by atoms with Gasteiger partial charge in [0.1, 0.15) is 0 Å². The van der Waals surface area contributed by atoms with Crippen molar-refractivity contribution in [2.24, 2.45) is 0 Å². The van der Waals surface area contributed by atoms with Crippen LogP contribution in [0.25, 0.3) is 11.3 Å². The van der Waals surface area contributed by atoms with Crippen molar-refractivity contribution in [1.82, 2.24) is 10.2 Å². The Morgan fingerprint density at radius 1 is 1.21 bits per heavy atom. The predicted octanol–water partition coefficient (Wildman–Crippen LogP) is 3.21. The van der Waals surface area contributed by atoms with E-state index >= 15 is 0 Å². The summed E-state index contributed by atoms with van der Waals surface area (Å²) in [7, 11) is 0. The molecule has 0 unspecified atom stereocenters. The summed E-state index contributed by atoms with van der Waals surface area (Å²) in [4.78, 5) is 0. The van der Waals surface area contributed by atoms with Crippen molar-refractivity contribution in [3.05, 3.63) is 46.6 Å². The lowest BCUT2D eigenvalue weighted by Gasteiger charge is -2.03. The fourth-order valence-electron chi connectivity index (χ4n) is 1.33. The summed E-state index contributed by atoms with van der Waals surface area (Å²) < 4.78 is 0.950. The molecule has 0 radical (unpaired) electrons. The van der Waals surface area contributed by atoms with Crippen LogP contribution in [-0.2, 0) is 0 Å². The van der Waals surface area contributed by atoms with E-state index in [0.717, 1.165) is 15.7 Å². The minimum Gasteiger partial charge on any atom is -0.157 e. The summed E-state index contributed by atoms with van der Waals surface area (Å²) in [6, 6.07) is 10.1. The van der Waals surface area contributed by atoms with Gasteiger partial charge < -0.3 is 0 Å². The van der Waals surface area contributed by atoms with Crippen molar-refractivity contribution in [2.45, 2.75) is 6.92 Å². The smallest absolute Gasteiger partial charge is 0.0943 e. The first-order valence-corrected chi connectivity index (χ1v) is 5.11. The second kappa shape index (κ2) is 3.88. The lowest BCUT2D eigenvalue weighted by Crippen LogP contribution is -1.88. The minimum atomic E-state index is 0.900. The van der Waals surface area contributed by atoms with Crippen molar-refractivity contribution < 1.29 is 0 Å². The highest BCUT2D eigenvalue weighted by atomic mass is 79.9. The third-order valence-electron chi connectivity index (χ3n) is 2.04. The fraction of sp³-hybridized carbons (Fsp3) is 0.0909. The number of hydrogen-bond acceptors (Lipinski definition) is 2. The number of rotatable bonds is 1. The van der Waals surface area contributed by atoms with Crippen LogP contribution in [0.2, 0.25) is 0 Å². The van der Waals surface area contributed by atoms with Gasteiger partial charge >= 0.3 is 0 Å². The van der Waals surface area contributed by atoms with Crippen molar-refractivity contribution in [3.8, 4) is 11.3 Å². The topological polar surface area (TPSA) is 25.8 Å². The molecule has 70 valence electrons. The Kier molecular flexibility index (Phi) is 2.59. The highest BCUT2D eigenvalue weighted by molar-refractivity contribution is 9.10. The van der Waals surface area contributed by atoms with Gasteiger partial charge in [-0.3, -0.25) is 0 Å². The first-order valence-electron chi connectivity index (χ1n) is 4.31. The second-order valence-corrected chi connectivity index (χ2v) is 3.99. The highest BCUT2D eigenvalue weighted by Gasteiger charge is 2.02. The molecule has 2 rings (SSSR count). The molecule has 0 aliphatic rings. The van der Waals surface area contributed by atoms with Crippen LogP contribution < -0.4 is 0 Å². The van der Waals surface area contributed by atoms with Crippen molar-refractivity contribution in [2.75, 3.05) is 0 Å². The molecule has 1 heterocycles. The summed E-state index contributed by atoms with van der Waals surface area (Å²) in [5.41, 5.74) is 3.23. The quantitative estimate of drug-likeness (QED) is 0.775. The molecular formula is C11H9BrN2. The van der Waals surface area contributed by atoms with Gasteiger partial charge in [0, 0.05) is 10.0 Å². The summed E-state index contributed by atoms with van der Waals surface area (Å²) in [6.45, 7) is 2.07. The normalized spacial score (nSPS) is 10.1. The monoisotopic (exact) mass is 248 g/mol. The van der Waals surface area contributed by atoms with Gasteiger partial charge in [0.2, 0.25) is 0 Å². The second-order valence-electron chi connectivity index (χ2n) is 3.07. The molecule has 1 aromatic heterocycles. The molecule has 0 atom stereocenters. The molecule has 3 heteroatoms. The molecule has 0 aliphatic heterocycles. The predicted molar refractivity (Wildman–Crippen MR) is 59.9 cm³/mol. The van der Waals surface area contributed by atoms with Crippen LogP contribution in [0.4, 0.5) is 0 Å². The van der Waals surface area contributed by atoms with Crippen LogP contribution in [0.1, 0.15) is 5.56 Å². The zero-order valence-electron chi connectivity index (χ0n) is 7.74. The van der Waals surface area contributed by atoms with Gasteiger partial charge in [-0.25, -0.2) is 0 Å². The molecule has 2 aromatic rings. The van der Waals surface area contributed by atoms with E-state index in [0.29, 0.717) is 0 Å². The molecule has 1 aromatic carbocycles. The summed E-state index contributed by atoms with van der Waals surface area (Å²) in [6.07, 6.45) is 1.68. The molecule has 14 heavy (non-hydrogen) atoms. The number of benzene rings is 1. The molecule has 0 fully saturated rings.